The number of aryl methyl sites for hydroxylation is 1. The van der Waals surface area contributed by atoms with Gasteiger partial charge in [0, 0.05) is 10.6 Å². The highest BCUT2D eigenvalue weighted by Gasteiger charge is 2.55. The molecule has 2 heterocycles. The first-order valence-corrected chi connectivity index (χ1v) is 13.7. The van der Waals surface area contributed by atoms with Gasteiger partial charge in [-0.25, -0.2) is 0 Å². The molecule has 1 aliphatic rings. The van der Waals surface area contributed by atoms with Crippen molar-refractivity contribution in [3.63, 3.8) is 0 Å². The molecule has 0 amide bonds. The number of hydrogen-bond acceptors (Lipinski definition) is 7. The molecule has 0 N–H and O–H groups in total. The molecule has 4 aromatic rings. The molecule has 8 nitrogen and oxygen atoms in total. The molecule has 0 bridgehead atoms. The van der Waals surface area contributed by atoms with E-state index in [2.05, 4.69) is 4.98 Å². The lowest BCUT2D eigenvalue weighted by atomic mass is 9.90. The van der Waals surface area contributed by atoms with Gasteiger partial charge in [0.2, 0.25) is 0 Å². The molecule has 5 rings (SSSR count). The van der Waals surface area contributed by atoms with Crippen molar-refractivity contribution in [2.75, 3.05) is 6.61 Å². The van der Waals surface area contributed by atoms with Crippen molar-refractivity contribution in [1.29, 1.82) is 0 Å². The second kappa shape index (κ2) is 14.1. The van der Waals surface area contributed by atoms with Crippen LogP contribution in [0.1, 0.15) is 34.2 Å². The van der Waals surface area contributed by atoms with Crippen LogP contribution in [-0.2, 0) is 38.8 Å². The number of nitro groups is 1. The minimum absolute atomic E-state index is 0.159. The fourth-order valence-corrected chi connectivity index (χ4v) is 5.05. The van der Waals surface area contributed by atoms with E-state index in [0.717, 1.165) is 22.4 Å². The molecule has 0 aliphatic carbocycles. The van der Waals surface area contributed by atoms with Gasteiger partial charge in [-0.15, -0.1) is 0 Å². The van der Waals surface area contributed by atoms with Crippen LogP contribution < -0.4 is 0 Å². The first-order valence-electron chi connectivity index (χ1n) is 13.7. The van der Waals surface area contributed by atoms with E-state index in [1.54, 1.807) is 6.07 Å². The Morgan fingerprint density at radius 2 is 1.27 bits per heavy atom. The van der Waals surface area contributed by atoms with Gasteiger partial charge in [-0.2, -0.15) is 0 Å². The minimum Gasteiger partial charge on any atom is -0.374 e. The predicted octanol–water partition coefficient (Wildman–Crippen LogP) is 5.86. The van der Waals surface area contributed by atoms with E-state index in [1.807, 2.05) is 110 Å². The van der Waals surface area contributed by atoms with Gasteiger partial charge >= 0.3 is 0 Å². The highest BCUT2D eigenvalue weighted by Crippen LogP contribution is 2.37. The summed E-state index contributed by atoms with van der Waals surface area (Å²) in [5.41, 5.74) is 4.09. The van der Waals surface area contributed by atoms with E-state index in [4.69, 9.17) is 18.9 Å². The van der Waals surface area contributed by atoms with Gasteiger partial charge in [-0.3, -0.25) is 15.1 Å². The number of aromatic nitrogens is 1. The first-order chi connectivity index (χ1) is 20.1. The van der Waals surface area contributed by atoms with Crippen molar-refractivity contribution in [2.24, 2.45) is 0 Å². The van der Waals surface area contributed by atoms with Crippen LogP contribution in [0.4, 0.5) is 0 Å². The minimum atomic E-state index is -1.25. The summed E-state index contributed by atoms with van der Waals surface area (Å²) >= 11 is 0. The molecular weight excluding hydrogens is 520 g/mol. The summed E-state index contributed by atoms with van der Waals surface area (Å²) in [6.07, 6.45) is -3.30. The molecule has 212 valence electrons. The summed E-state index contributed by atoms with van der Waals surface area (Å²) < 4.78 is 25.4. The maximum Gasteiger partial charge on any atom is 0.272 e. The lowest BCUT2D eigenvalue weighted by Gasteiger charge is -2.42. The van der Waals surface area contributed by atoms with E-state index in [1.165, 1.54) is 0 Å². The van der Waals surface area contributed by atoms with Gasteiger partial charge in [0.15, 0.2) is 12.2 Å². The van der Waals surface area contributed by atoms with Gasteiger partial charge < -0.3 is 18.9 Å². The van der Waals surface area contributed by atoms with Gasteiger partial charge in [-0.05, 0) is 35.7 Å². The summed E-state index contributed by atoms with van der Waals surface area (Å²) in [5.74, 6) is 0. The molecule has 1 saturated heterocycles. The molecule has 0 spiro atoms. The third-order valence-electron chi connectivity index (χ3n) is 7.07. The second-order valence-electron chi connectivity index (χ2n) is 10.1. The predicted molar refractivity (Wildman–Crippen MR) is 154 cm³/mol. The van der Waals surface area contributed by atoms with E-state index in [-0.39, 0.29) is 24.7 Å². The van der Waals surface area contributed by atoms with Gasteiger partial charge in [0.25, 0.3) is 6.04 Å². The molecule has 1 fully saturated rings. The topological polar surface area (TPSA) is 93.0 Å². The van der Waals surface area contributed by atoms with Crippen LogP contribution in [0.15, 0.2) is 109 Å². The smallest absolute Gasteiger partial charge is 0.272 e. The molecule has 3 aromatic carbocycles. The van der Waals surface area contributed by atoms with Crippen LogP contribution in [0.2, 0.25) is 0 Å². The van der Waals surface area contributed by atoms with Crippen LogP contribution in [0.5, 0.6) is 0 Å². The SMILES string of the molecule is Cc1cccc([C@@H]2O[C@H](COCc3ccccc3)[C@@H](OCc3ccccc3)[C@H](OCc3ccccc3)[C@H]2[N+](=O)[O-])n1. The maximum atomic E-state index is 12.7. The Balaban J connectivity index is 1.47. The van der Waals surface area contributed by atoms with Crippen LogP contribution >= 0.6 is 0 Å². The largest absolute Gasteiger partial charge is 0.374 e. The summed E-state index contributed by atoms with van der Waals surface area (Å²) in [4.78, 5) is 17.0. The second-order valence-corrected chi connectivity index (χ2v) is 10.1. The fraction of sp³-hybridized carbons (Fsp3) is 0.303. The van der Waals surface area contributed by atoms with E-state index >= 15 is 0 Å². The van der Waals surface area contributed by atoms with Crippen molar-refractivity contribution in [1.82, 2.24) is 4.98 Å². The summed E-state index contributed by atoms with van der Waals surface area (Å²) in [6, 6.07) is 33.3. The van der Waals surface area contributed by atoms with Crippen LogP contribution in [0.25, 0.3) is 0 Å². The maximum absolute atomic E-state index is 12.7. The third kappa shape index (κ3) is 7.62. The third-order valence-corrected chi connectivity index (χ3v) is 7.07. The van der Waals surface area contributed by atoms with Crippen molar-refractivity contribution >= 4 is 0 Å². The van der Waals surface area contributed by atoms with E-state index in [9.17, 15) is 10.1 Å². The molecule has 0 saturated carbocycles. The van der Waals surface area contributed by atoms with Crippen LogP contribution in [-0.4, -0.2) is 40.9 Å². The molecule has 0 unspecified atom stereocenters. The van der Waals surface area contributed by atoms with E-state index < -0.39 is 30.5 Å². The zero-order chi connectivity index (χ0) is 28.4. The number of benzene rings is 3. The zero-order valence-corrected chi connectivity index (χ0v) is 23.0. The number of pyridine rings is 1. The van der Waals surface area contributed by atoms with Gasteiger partial charge in [-0.1, -0.05) is 97.1 Å². The first kappa shape index (κ1) is 28.6. The lowest BCUT2D eigenvalue weighted by molar-refractivity contribution is -0.563. The van der Waals surface area contributed by atoms with Crippen molar-refractivity contribution in [2.45, 2.75) is 57.2 Å². The summed E-state index contributed by atoms with van der Waals surface area (Å²) in [7, 11) is 0. The van der Waals surface area contributed by atoms with Crippen LogP contribution in [0, 0.1) is 17.0 Å². The Labute approximate surface area is 240 Å². The molecule has 41 heavy (non-hydrogen) atoms. The Hall–Kier alpha value is -3.95. The Morgan fingerprint density at radius 1 is 0.732 bits per heavy atom. The van der Waals surface area contributed by atoms with Crippen molar-refractivity contribution < 1.29 is 23.9 Å². The standard InChI is InChI=1S/C33H34N2O6/c1-24-12-11-19-28(34-24)31-30(35(36)37)33(40-22-27-17-9-4-10-18-27)32(39-21-26-15-7-3-8-16-26)29(41-31)23-38-20-25-13-5-2-6-14-25/h2-19,29-33H,20-23H2,1H3/t29-,30+,31+,32-,33-/m1/s1. The van der Waals surface area contributed by atoms with Crippen LogP contribution in [0.3, 0.4) is 0 Å². The molecule has 0 radical (unpaired) electrons. The van der Waals surface area contributed by atoms with Crippen molar-refractivity contribution in [3.8, 4) is 0 Å². The number of rotatable bonds is 12. The summed E-state index contributed by atoms with van der Waals surface area (Å²) in [5, 5.41) is 12.7. The molecule has 5 atom stereocenters. The molecule has 8 heteroatoms. The average Bonchev–Trinajstić information content (AvgIpc) is 3.00. The summed E-state index contributed by atoms with van der Waals surface area (Å²) in [6.45, 7) is 2.81. The lowest BCUT2D eigenvalue weighted by Crippen LogP contribution is -2.60. The Kier molecular flexibility index (Phi) is 9.82. The molecule has 1 aromatic heterocycles. The zero-order valence-electron chi connectivity index (χ0n) is 23.0. The number of nitrogens with zero attached hydrogens (tertiary/aromatic N) is 2. The highest BCUT2D eigenvalue weighted by atomic mass is 16.7. The Bertz CT molecular complexity index is 1370. The van der Waals surface area contributed by atoms with Gasteiger partial charge in [0.05, 0.1) is 32.1 Å². The van der Waals surface area contributed by atoms with Crippen molar-refractivity contribution in [3.05, 3.63) is 147 Å². The molecule has 1 aliphatic heterocycles. The monoisotopic (exact) mass is 554 g/mol. The van der Waals surface area contributed by atoms with E-state index in [0.29, 0.717) is 12.3 Å². The van der Waals surface area contributed by atoms with Gasteiger partial charge in [0.1, 0.15) is 12.2 Å². The number of hydrogen-bond donors (Lipinski definition) is 0. The Morgan fingerprint density at radius 3 is 1.80 bits per heavy atom. The highest BCUT2D eigenvalue weighted by molar-refractivity contribution is 5.18. The number of ether oxygens (including phenoxy) is 4. The normalized spacial score (nSPS) is 22.3. The quantitative estimate of drug-likeness (QED) is 0.160. The fourth-order valence-electron chi connectivity index (χ4n) is 5.05. The average molecular weight is 555 g/mol. The molecular formula is C33H34N2O6.